The molecule has 0 saturated heterocycles. The number of halogens is 1. The number of aromatic nitrogens is 3. The molecule has 2 amide bonds. The van der Waals surface area contributed by atoms with E-state index < -0.39 is 23.7 Å². The lowest BCUT2D eigenvalue weighted by molar-refractivity contribution is -0.140. The number of methoxy groups -OCH3 is 4. The molecule has 0 aliphatic heterocycles. The van der Waals surface area contributed by atoms with Gasteiger partial charge in [0.15, 0.2) is 11.5 Å². The number of para-hydroxylation sites is 1. The molecule has 1 atom stereocenters. The molecule has 0 aliphatic rings. The molecule has 5 rings (SSSR count). The van der Waals surface area contributed by atoms with Gasteiger partial charge in [-0.3, -0.25) is 9.59 Å². The Labute approximate surface area is 259 Å². The number of rotatable bonds is 12. The fourth-order valence-corrected chi connectivity index (χ4v) is 4.98. The van der Waals surface area contributed by atoms with Crippen molar-refractivity contribution in [3.63, 3.8) is 0 Å². The molecule has 1 N–H and O–H groups in total. The molecule has 0 radical (unpaired) electrons. The van der Waals surface area contributed by atoms with Crippen molar-refractivity contribution in [3.05, 3.63) is 102 Å². The second-order valence-corrected chi connectivity index (χ2v) is 9.96. The molecule has 1 heterocycles. The largest absolute Gasteiger partial charge is 0.497 e. The summed E-state index contributed by atoms with van der Waals surface area (Å²) in [6, 6.07) is 21.8. The monoisotopic (exact) mass is 613 g/mol. The summed E-state index contributed by atoms with van der Waals surface area (Å²) < 4.78 is 37.2. The van der Waals surface area contributed by atoms with Gasteiger partial charge in [-0.15, -0.1) is 5.10 Å². The highest BCUT2D eigenvalue weighted by atomic mass is 19.1. The zero-order valence-electron chi connectivity index (χ0n) is 25.2. The normalized spacial score (nSPS) is 11.5. The Kier molecular flexibility index (Phi) is 9.42. The molecule has 11 nitrogen and oxygen atoms in total. The van der Waals surface area contributed by atoms with Crippen molar-refractivity contribution < 1.29 is 32.9 Å². The molecular formula is C33H32FN5O6. The number of fused-ring (bicyclic) bond motifs is 1. The van der Waals surface area contributed by atoms with Crippen LogP contribution in [0.2, 0.25) is 0 Å². The molecule has 45 heavy (non-hydrogen) atoms. The van der Waals surface area contributed by atoms with Crippen molar-refractivity contribution in [2.24, 2.45) is 0 Å². The molecule has 0 saturated carbocycles. The summed E-state index contributed by atoms with van der Waals surface area (Å²) in [5.41, 5.74) is 2.74. The van der Waals surface area contributed by atoms with Gasteiger partial charge < -0.3 is 29.2 Å². The summed E-state index contributed by atoms with van der Waals surface area (Å²) in [5.74, 6) is 0.137. The number of benzene rings is 4. The van der Waals surface area contributed by atoms with Gasteiger partial charge in [-0.05, 0) is 71.8 Å². The standard InChI is InChI=1S/C33H32FN5O6/c1-42-25-15-13-24(14-16-25)35-33(41)31(22-17-28(43-2)32(45-4)29(18-22)44-3)38(19-21-9-11-23(34)12-10-21)30(40)20-39-27-8-6-5-7-26(27)36-37-39/h5-18,31H,19-20H2,1-4H3,(H,35,41)/t31-/m0/s1. The van der Waals surface area contributed by atoms with E-state index in [4.69, 9.17) is 18.9 Å². The molecule has 5 aromatic rings. The highest BCUT2D eigenvalue weighted by Crippen LogP contribution is 2.41. The lowest BCUT2D eigenvalue weighted by Crippen LogP contribution is -2.42. The van der Waals surface area contributed by atoms with Crippen LogP contribution in [0.3, 0.4) is 0 Å². The SMILES string of the molecule is COc1ccc(NC(=O)[C@H](c2cc(OC)c(OC)c(OC)c2)N(Cc2ccc(F)cc2)C(=O)Cn2nnc3ccccc32)cc1. The zero-order chi connectivity index (χ0) is 31.9. The third kappa shape index (κ3) is 6.80. The van der Waals surface area contributed by atoms with Gasteiger partial charge in [-0.25, -0.2) is 9.07 Å². The van der Waals surface area contributed by atoms with Crippen molar-refractivity contribution in [1.29, 1.82) is 0 Å². The third-order valence-electron chi connectivity index (χ3n) is 7.21. The second-order valence-electron chi connectivity index (χ2n) is 9.96. The second kappa shape index (κ2) is 13.8. The Bertz CT molecular complexity index is 1770. The van der Waals surface area contributed by atoms with Gasteiger partial charge in [0.25, 0.3) is 5.91 Å². The first-order valence-corrected chi connectivity index (χ1v) is 13.9. The van der Waals surface area contributed by atoms with Gasteiger partial charge in [0.2, 0.25) is 11.7 Å². The average Bonchev–Trinajstić information content (AvgIpc) is 3.47. The maximum absolute atomic E-state index is 14.3. The molecule has 4 aromatic carbocycles. The minimum absolute atomic E-state index is 0.0386. The molecule has 232 valence electrons. The van der Waals surface area contributed by atoms with Gasteiger partial charge in [-0.2, -0.15) is 0 Å². The van der Waals surface area contributed by atoms with E-state index in [1.54, 1.807) is 67.8 Å². The average molecular weight is 614 g/mol. The van der Waals surface area contributed by atoms with Gasteiger partial charge in [0, 0.05) is 12.2 Å². The van der Waals surface area contributed by atoms with Crippen LogP contribution < -0.4 is 24.3 Å². The van der Waals surface area contributed by atoms with Crippen LogP contribution in [0.4, 0.5) is 10.1 Å². The smallest absolute Gasteiger partial charge is 0.251 e. The minimum atomic E-state index is -1.21. The van der Waals surface area contributed by atoms with Crippen LogP contribution >= 0.6 is 0 Å². The summed E-state index contributed by atoms with van der Waals surface area (Å²) in [4.78, 5) is 30.0. The topological polar surface area (TPSA) is 117 Å². The van der Waals surface area contributed by atoms with Crippen molar-refractivity contribution in [2.75, 3.05) is 33.8 Å². The van der Waals surface area contributed by atoms with E-state index in [1.165, 1.54) is 43.0 Å². The van der Waals surface area contributed by atoms with Crippen LogP contribution in [-0.2, 0) is 22.7 Å². The number of hydrogen-bond acceptors (Lipinski definition) is 8. The highest BCUT2D eigenvalue weighted by molar-refractivity contribution is 5.98. The fraction of sp³-hybridized carbons (Fsp3) is 0.212. The van der Waals surface area contributed by atoms with Crippen LogP contribution in [0, 0.1) is 5.82 Å². The molecule has 0 fully saturated rings. The summed E-state index contributed by atoms with van der Waals surface area (Å²) >= 11 is 0. The van der Waals surface area contributed by atoms with Crippen LogP contribution in [0.25, 0.3) is 11.0 Å². The molecule has 0 unspecified atom stereocenters. The van der Waals surface area contributed by atoms with Crippen molar-refractivity contribution in [3.8, 4) is 23.0 Å². The predicted octanol–water partition coefficient (Wildman–Crippen LogP) is 5.01. The third-order valence-corrected chi connectivity index (χ3v) is 7.21. The predicted molar refractivity (Wildman–Crippen MR) is 165 cm³/mol. The van der Waals surface area contributed by atoms with Gasteiger partial charge in [0.05, 0.1) is 34.0 Å². The molecule has 0 bridgehead atoms. The Morgan fingerprint density at radius 3 is 2.16 bits per heavy atom. The first-order chi connectivity index (χ1) is 21.8. The number of anilines is 1. The molecule has 0 aliphatic carbocycles. The summed E-state index contributed by atoms with van der Waals surface area (Å²) in [6.07, 6.45) is 0. The van der Waals surface area contributed by atoms with Crippen LogP contribution in [0.15, 0.2) is 84.9 Å². The van der Waals surface area contributed by atoms with Gasteiger partial charge in [0.1, 0.15) is 29.7 Å². The van der Waals surface area contributed by atoms with Crippen LogP contribution in [0.1, 0.15) is 17.2 Å². The maximum atomic E-state index is 14.3. The highest BCUT2D eigenvalue weighted by Gasteiger charge is 2.34. The minimum Gasteiger partial charge on any atom is -0.497 e. The van der Waals surface area contributed by atoms with E-state index in [9.17, 15) is 14.0 Å². The Morgan fingerprint density at radius 1 is 0.867 bits per heavy atom. The molecule has 1 aromatic heterocycles. The number of carbonyl (C=O) groups is 2. The van der Waals surface area contributed by atoms with Crippen molar-refractivity contribution >= 4 is 28.5 Å². The van der Waals surface area contributed by atoms with E-state index in [-0.39, 0.29) is 13.1 Å². The Balaban J connectivity index is 1.63. The van der Waals surface area contributed by atoms with E-state index in [1.807, 2.05) is 12.1 Å². The van der Waals surface area contributed by atoms with Gasteiger partial charge in [-0.1, -0.05) is 29.5 Å². The Hall–Kier alpha value is -5.65. The van der Waals surface area contributed by atoms with Crippen molar-refractivity contribution in [2.45, 2.75) is 19.1 Å². The summed E-state index contributed by atoms with van der Waals surface area (Å²) in [5, 5.41) is 11.3. The number of hydrogen-bond donors (Lipinski definition) is 1. The van der Waals surface area contributed by atoms with E-state index in [2.05, 4.69) is 15.6 Å². The summed E-state index contributed by atoms with van der Waals surface area (Å²) in [7, 11) is 5.95. The number of amides is 2. The number of nitrogens with one attached hydrogen (secondary N) is 1. The quantitative estimate of drug-likeness (QED) is 0.209. The fourth-order valence-electron chi connectivity index (χ4n) is 4.98. The van der Waals surface area contributed by atoms with E-state index >= 15 is 0 Å². The van der Waals surface area contributed by atoms with E-state index in [0.29, 0.717) is 50.8 Å². The zero-order valence-corrected chi connectivity index (χ0v) is 25.2. The van der Waals surface area contributed by atoms with Crippen molar-refractivity contribution in [1.82, 2.24) is 19.9 Å². The number of carbonyl (C=O) groups excluding carboxylic acids is 2. The lowest BCUT2D eigenvalue weighted by atomic mass is 10.0. The maximum Gasteiger partial charge on any atom is 0.251 e. The van der Waals surface area contributed by atoms with Crippen LogP contribution in [-0.4, -0.2) is 60.1 Å². The number of ether oxygens (including phenoxy) is 4. The van der Waals surface area contributed by atoms with Gasteiger partial charge >= 0.3 is 0 Å². The summed E-state index contributed by atoms with van der Waals surface area (Å²) in [6.45, 7) is -0.262. The lowest BCUT2D eigenvalue weighted by Gasteiger charge is -2.32. The molecule has 12 heteroatoms. The molecular weight excluding hydrogens is 581 g/mol. The van der Waals surface area contributed by atoms with Crippen LogP contribution in [0.5, 0.6) is 23.0 Å². The Morgan fingerprint density at radius 2 is 1.53 bits per heavy atom. The van der Waals surface area contributed by atoms with E-state index in [0.717, 1.165) is 0 Å². The first-order valence-electron chi connectivity index (χ1n) is 13.9. The number of nitrogens with zero attached hydrogens (tertiary/aromatic N) is 4. The first kappa shape index (κ1) is 30.8. The molecule has 0 spiro atoms.